The van der Waals surface area contributed by atoms with Crippen LogP contribution in [0.4, 0.5) is 0 Å². The minimum Gasteiger partial charge on any atom is -0.323 e. The second kappa shape index (κ2) is 4.72. The van der Waals surface area contributed by atoms with E-state index in [0.29, 0.717) is 0 Å². The first kappa shape index (κ1) is 10.7. The summed E-state index contributed by atoms with van der Waals surface area (Å²) in [6.45, 7) is 6.34. The molecule has 74 valence electrons. The summed E-state index contributed by atoms with van der Waals surface area (Å²) < 4.78 is 0. The Balaban J connectivity index is 2.90. The van der Waals surface area contributed by atoms with E-state index in [9.17, 15) is 0 Å². The summed E-state index contributed by atoms with van der Waals surface area (Å²) in [4.78, 5) is 5.85. The van der Waals surface area contributed by atoms with Crippen molar-refractivity contribution < 1.29 is 0 Å². The zero-order valence-electron chi connectivity index (χ0n) is 8.63. The van der Waals surface area contributed by atoms with Gasteiger partial charge in [-0.25, -0.2) is 4.98 Å². The normalized spacial score (nSPS) is 13.2. The first-order valence-corrected chi connectivity index (χ1v) is 5.74. The van der Waals surface area contributed by atoms with Crippen molar-refractivity contribution in [1.29, 1.82) is 0 Å². The van der Waals surface area contributed by atoms with Crippen LogP contribution in [0, 0.1) is 0 Å². The Hall–Kier alpha value is -0.410. The van der Waals surface area contributed by atoms with Crippen LogP contribution in [0.15, 0.2) is 0 Å². The lowest BCUT2D eigenvalue weighted by atomic mass is 10.2. The number of thiazole rings is 1. The van der Waals surface area contributed by atoms with Gasteiger partial charge in [0.25, 0.3) is 0 Å². The number of aryl methyl sites for hydroxylation is 2. The quantitative estimate of drug-likeness (QED) is 0.808. The van der Waals surface area contributed by atoms with Crippen LogP contribution < -0.4 is 5.73 Å². The van der Waals surface area contributed by atoms with Gasteiger partial charge in [-0.1, -0.05) is 13.8 Å². The highest BCUT2D eigenvalue weighted by molar-refractivity contribution is 7.11. The third-order valence-electron chi connectivity index (χ3n) is 1.98. The molecule has 0 radical (unpaired) electrons. The van der Waals surface area contributed by atoms with Gasteiger partial charge in [-0.2, -0.15) is 0 Å². The summed E-state index contributed by atoms with van der Waals surface area (Å²) in [5, 5.41) is 1.24. The van der Waals surface area contributed by atoms with Gasteiger partial charge >= 0.3 is 0 Å². The molecule has 0 saturated heterocycles. The zero-order valence-corrected chi connectivity index (χ0v) is 9.45. The second-order valence-corrected chi connectivity index (χ2v) is 4.43. The Morgan fingerprint density at radius 2 is 2.15 bits per heavy atom. The summed E-state index contributed by atoms with van der Waals surface area (Å²) in [6, 6.07) is 0.137. The van der Waals surface area contributed by atoms with Crippen LogP contribution in [0.1, 0.15) is 48.8 Å². The molecule has 0 aliphatic heterocycles. The molecular weight excluding hydrogens is 180 g/mol. The molecule has 2 N–H and O–H groups in total. The van der Waals surface area contributed by atoms with Gasteiger partial charge in [0.15, 0.2) is 0 Å². The molecule has 0 aliphatic carbocycles. The van der Waals surface area contributed by atoms with Crippen molar-refractivity contribution >= 4 is 11.3 Å². The van der Waals surface area contributed by atoms with E-state index < -0.39 is 0 Å². The molecule has 0 bridgehead atoms. The second-order valence-electron chi connectivity index (χ2n) is 3.31. The van der Waals surface area contributed by atoms with Gasteiger partial charge in [-0.05, 0) is 26.2 Å². The van der Waals surface area contributed by atoms with Crippen LogP contribution in [0.25, 0.3) is 0 Å². The number of nitrogens with two attached hydrogens (primary N) is 1. The van der Waals surface area contributed by atoms with Crippen LogP contribution in [-0.2, 0) is 12.8 Å². The number of rotatable bonds is 4. The smallest absolute Gasteiger partial charge is 0.0931 e. The van der Waals surface area contributed by atoms with Crippen molar-refractivity contribution in [2.75, 3.05) is 0 Å². The maximum Gasteiger partial charge on any atom is 0.0931 e. The van der Waals surface area contributed by atoms with Gasteiger partial charge in [0.05, 0.1) is 10.7 Å². The lowest BCUT2D eigenvalue weighted by Crippen LogP contribution is -2.05. The van der Waals surface area contributed by atoms with Crippen molar-refractivity contribution in [1.82, 2.24) is 4.98 Å². The number of hydrogen-bond donors (Lipinski definition) is 1. The number of hydrogen-bond acceptors (Lipinski definition) is 3. The predicted molar refractivity (Wildman–Crippen MR) is 58.1 cm³/mol. The standard InChI is InChI=1S/C10H18N2S/c1-4-6-9-12-8(5-2)10(13-9)7(3)11/h7H,4-6,11H2,1-3H3. The summed E-state index contributed by atoms with van der Waals surface area (Å²) in [6.07, 6.45) is 3.25. The number of nitrogens with zero attached hydrogens (tertiary/aromatic N) is 1. The Morgan fingerprint density at radius 3 is 2.54 bits per heavy atom. The molecule has 0 amide bonds. The fourth-order valence-corrected chi connectivity index (χ4v) is 2.55. The SMILES string of the molecule is CCCc1nc(CC)c(C(C)N)s1. The van der Waals surface area contributed by atoms with Crippen LogP contribution >= 0.6 is 11.3 Å². The molecule has 1 heterocycles. The predicted octanol–water partition coefficient (Wildman–Crippen LogP) is 2.68. The van der Waals surface area contributed by atoms with E-state index in [1.807, 2.05) is 6.92 Å². The molecule has 13 heavy (non-hydrogen) atoms. The highest BCUT2D eigenvalue weighted by Crippen LogP contribution is 2.25. The van der Waals surface area contributed by atoms with Gasteiger partial charge in [0.2, 0.25) is 0 Å². The van der Waals surface area contributed by atoms with E-state index in [-0.39, 0.29) is 6.04 Å². The van der Waals surface area contributed by atoms with Crippen LogP contribution in [0.5, 0.6) is 0 Å². The summed E-state index contributed by atoms with van der Waals surface area (Å²) in [5.41, 5.74) is 7.07. The average molecular weight is 198 g/mol. The topological polar surface area (TPSA) is 38.9 Å². The van der Waals surface area contributed by atoms with Crippen LogP contribution in [0.3, 0.4) is 0 Å². The van der Waals surface area contributed by atoms with E-state index in [4.69, 9.17) is 5.73 Å². The van der Waals surface area contributed by atoms with E-state index in [1.165, 1.54) is 15.6 Å². The zero-order chi connectivity index (χ0) is 9.84. The maximum absolute atomic E-state index is 5.87. The van der Waals surface area contributed by atoms with Crippen LogP contribution in [-0.4, -0.2) is 4.98 Å². The largest absolute Gasteiger partial charge is 0.323 e. The molecular formula is C10H18N2S. The lowest BCUT2D eigenvalue weighted by Gasteiger charge is -2.01. The first-order chi connectivity index (χ1) is 6.19. The van der Waals surface area contributed by atoms with Crippen molar-refractivity contribution in [2.24, 2.45) is 5.73 Å². The van der Waals surface area contributed by atoms with E-state index >= 15 is 0 Å². The van der Waals surface area contributed by atoms with Crippen molar-refractivity contribution in [3.8, 4) is 0 Å². The van der Waals surface area contributed by atoms with E-state index in [2.05, 4.69) is 18.8 Å². The molecule has 0 aromatic carbocycles. The molecule has 1 aromatic rings. The summed E-state index contributed by atoms with van der Waals surface area (Å²) >= 11 is 1.78. The average Bonchev–Trinajstić information content (AvgIpc) is 2.48. The van der Waals surface area contributed by atoms with Gasteiger partial charge in [-0.3, -0.25) is 0 Å². The fourth-order valence-electron chi connectivity index (χ4n) is 1.34. The molecule has 3 heteroatoms. The number of aromatic nitrogens is 1. The van der Waals surface area contributed by atoms with E-state index in [1.54, 1.807) is 11.3 Å². The fraction of sp³-hybridized carbons (Fsp3) is 0.700. The van der Waals surface area contributed by atoms with E-state index in [0.717, 1.165) is 19.3 Å². The molecule has 0 aliphatic rings. The van der Waals surface area contributed by atoms with Crippen molar-refractivity contribution in [3.05, 3.63) is 15.6 Å². The van der Waals surface area contributed by atoms with Crippen molar-refractivity contribution in [2.45, 2.75) is 46.1 Å². The lowest BCUT2D eigenvalue weighted by molar-refractivity contribution is 0.810. The van der Waals surface area contributed by atoms with Crippen LogP contribution in [0.2, 0.25) is 0 Å². The van der Waals surface area contributed by atoms with Gasteiger partial charge in [-0.15, -0.1) is 11.3 Å². The molecule has 1 aromatic heterocycles. The molecule has 1 rings (SSSR count). The van der Waals surface area contributed by atoms with Gasteiger partial charge < -0.3 is 5.73 Å². The van der Waals surface area contributed by atoms with Gasteiger partial charge in [0, 0.05) is 10.9 Å². The van der Waals surface area contributed by atoms with Gasteiger partial charge in [0.1, 0.15) is 0 Å². The Labute approximate surface area is 84.2 Å². The third-order valence-corrected chi connectivity index (χ3v) is 3.34. The third kappa shape index (κ3) is 2.51. The minimum atomic E-state index is 0.137. The van der Waals surface area contributed by atoms with Crippen molar-refractivity contribution in [3.63, 3.8) is 0 Å². The molecule has 1 atom stereocenters. The highest BCUT2D eigenvalue weighted by Gasteiger charge is 2.11. The minimum absolute atomic E-state index is 0.137. The molecule has 0 spiro atoms. The summed E-state index contributed by atoms with van der Waals surface area (Å²) in [5.74, 6) is 0. The molecule has 0 fully saturated rings. The molecule has 1 unspecified atom stereocenters. The monoisotopic (exact) mass is 198 g/mol. The first-order valence-electron chi connectivity index (χ1n) is 4.93. The maximum atomic E-state index is 5.87. The Morgan fingerprint density at radius 1 is 1.46 bits per heavy atom. The highest BCUT2D eigenvalue weighted by atomic mass is 32.1. The molecule has 2 nitrogen and oxygen atoms in total. The Kier molecular flexibility index (Phi) is 3.88. The Bertz CT molecular complexity index is 266. The molecule has 0 saturated carbocycles. The summed E-state index contributed by atoms with van der Waals surface area (Å²) in [7, 11) is 0.